The molecule has 26 heavy (non-hydrogen) atoms. The number of piperazine rings is 1. The summed E-state index contributed by atoms with van der Waals surface area (Å²) in [6, 6.07) is 9.11. The third-order valence-electron chi connectivity index (χ3n) is 5.13. The number of carbonyl (C=O) groups is 2. The number of amides is 2. The fourth-order valence-electron chi connectivity index (χ4n) is 3.67. The summed E-state index contributed by atoms with van der Waals surface area (Å²) in [7, 11) is 0. The van der Waals surface area contributed by atoms with Crippen LogP contribution in [0.4, 0.5) is 0 Å². The number of halogens is 1. The number of nitrogens with zero attached hydrogens (tertiary/aromatic N) is 2. The van der Waals surface area contributed by atoms with Crippen molar-refractivity contribution in [3.05, 3.63) is 56.2 Å². The van der Waals surface area contributed by atoms with Crippen LogP contribution < -0.4 is 0 Å². The molecule has 1 aliphatic heterocycles. The fraction of sp³-hybridized carbons (Fsp3) is 0.400. The molecule has 6 heteroatoms. The van der Waals surface area contributed by atoms with Gasteiger partial charge in [0.15, 0.2) is 0 Å². The molecule has 2 aliphatic rings. The molecule has 2 amide bonds. The Bertz CT molecular complexity index is 817. The molecular formula is C20H21ClN2O2S. The molecule has 1 fully saturated rings. The van der Waals surface area contributed by atoms with E-state index >= 15 is 0 Å². The van der Waals surface area contributed by atoms with Gasteiger partial charge in [-0.15, -0.1) is 11.3 Å². The lowest BCUT2D eigenvalue weighted by molar-refractivity contribution is 0.0538. The Morgan fingerprint density at radius 3 is 2.31 bits per heavy atom. The Labute approximate surface area is 162 Å². The van der Waals surface area contributed by atoms with Crippen LogP contribution in [0.5, 0.6) is 0 Å². The van der Waals surface area contributed by atoms with Gasteiger partial charge in [0, 0.05) is 41.6 Å². The van der Waals surface area contributed by atoms with Crippen molar-refractivity contribution in [1.29, 1.82) is 0 Å². The van der Waals surface area contributed by atoms with Crippen molar-refractivity contribution in [3.8, 4) is 0 Å². The van der Waals surface area contributed by atoms with E-state index in [1.165, 1.54) is 23.3 Å². The van der Waals surface area contributed by atoms with Crippen molar-refractivity contribution >= 4 is 34.8 Å². The van der Waals surface area contributed by atoms with Crippen molar-refractivity contribution < 1.29 is 9.59 Å². The van der Waals surface area contributed by atoms with E-state index < -0.39 is 0 Å². The third-order valence-corrected chi connectivity index (χ3v) is 6.59. The Hall–Kier alpha value is -1.85. The second-order valence-electron chi connectivity index (χ2n) is 6.86. The molecular weight excluding hydrogens is 368 g/mol. The number of aryl methyl sites for hydroxylation is 2. The van der Waals surface area contributed by atoms with Crippen LogP contribution in [0.2, 0.25) is 5.02 Å². The lowest BCUT2D eigenvalue weighted by Crippen LogP contribution is -2.50. The standard InChI is InChI=1S/C20H21ClN2O2S/c21-16-6-3-5-15(12-16)19(24)22-8-10-23(11-9-22)20(25)18-13-14-4-1-2-7-17(14)26-18/h3,5-6,12-13H,1-2,4,7-11H2. The Morgan fingerprint density at radius 1 is 0.923 bits per heavy atom. The molecule has 0 spiro atoms. The predicted molar refractivity (Wildman–Crippen MR) is 104 cm³/mol. The van der Waals surface area contributed by atoms with Gasteiger partial charge in [-0.1, -0.05) is 17.7 Å². The Balaban J connectivity index is 1.39. The van der Waals surface area contributed by atoms with Crippen LogP contribution in [0.15, 0.2) is 30.3 Å². The van der Waals surface area contributed by atoms with Crippen LogP contribution in [0.1, 0.15) is 43.3 Å². The molecule has 1 aliphatic carbocycles. The predicted octanol–water partition coefficient (Wildman–Crippen LogP) is 3.88. The molecule has 0 atom stereocenters. The molecule has 0 unspecified atom stereocenters. The smallest absolute Gasteiger partial charge is 0.264 e. The summed E-state index contributed by atoms with van der Waals surface area (Å²) >= 11 is 7.64. The monoisotopic (exact) mass is 388 g/mol. The van der Waals surface area contributed by atoms with Crippen LogP contribution in [-0.2, 0) is 12.8 Å². The van der Waals surface area contributed by atoms with E-state index in [-0.39, 0.29) is 11.8 Å². The summed E-state index contributed by atoms with van der Waals surface area (Å²) in [6.07, 6.45) is 4.66. The summed E-state index contributed by atoms with van der Waals surface area (Å²) in [5.74, 6) is 0.0884. The molecule has 136 valence electrons. The minimum atomic E-state index is -0.0220. The summed E-state index contributed by atoms with van der Waals surface area (Å²) in [5.41, 5.74) is 1.96. The maximum atomic E-state index is 12.8. The largest absolute Gasteiger partial charge is 0.335 e. The quantitative estimate of drug-likeness (QED) is 0.783. The number of thiophene rings is 1. The molecule has 1 saturated heterocycles. The molecule has 2 heterocycles. The zero-order valence-electron chi connectivity index (χ0n) is 14.5. The van der Waals surface area contributed by atoms with Crippen LogP contribution in [0, 0.1) is 0 Å². The van der Waals surface area contributed by atoms with Gasteiger partial charge in [0.1, 0.15) is 0 Å². The number of benzene rings is 1. The summed E-state index contributed by atoms with van der Waals surface area (Å²) in [6.45, 7) is 2.27. The van der Waals surface area contributed by atoms with Gasteiger partial charge in [-0.2, -0.15) is 0 Å². The van der Waals surface area contributed by atoms with Crippen molar-refractivity contribution in [3.63, 3.8) is 0 Å². The first kappa shape index (κ1) is 17.6. The first-order valence-corrected chi connectivity index (χ1v) is 10.3. The average molecular weight is 389 g/mol. The van der Waals surface area contributed by atoms with Crippen LogP contribution >= 0.6 is 22.9 Å². The fourth-order valence-corrected chi connectivity index (χ4v) is 5.08. The summed E-state index contributed by atoms with van der Waals surface area (Å²) in [4.78, 5) is 31.3. The van der Waals surface area contributed by atoms with E-state index in [0.29, 0.717) is 36.8 Å². The molecule has 0 saturated carbocycles. The highest BCUT2D eigenvalue weighted by atomic mass is 35.5. The topological polar surface area (TPSA) is 40.6 Å². The third kappa shape index (κ3) is 3.51. The van der Waals surface area contributed by atoms with Crippen molar-refractivity contribution in [2.45, 2.75) is 25.7 Å². The minimum Gasteiger partial charge on any atom is -0.335 e. The zero-order valence-corrected chi connectivity index (χ0v) is 16.1. The van der Waals surface area contributed by atoms with Crippen LogP contribution in [0.25, 0.3) is 0 Å². The lowest BCUT2D eigenvalue weighted by Gasteiger charge is -2.34. The average Bonchev–Trinajstić information content (AvgIpc) is 3.11. The van der Waals surface area contributed by atoms with E-state index in [9.17, 15) is 9.59 Å². The van der Waals surface area contributed by atoms with E-state index in [1.54, 1.807) is 40.5 Å². The van der Waals surface area contributed by atoms with Gasteiger partial charge in [-0.25, -0.2) is 0 Å². The molecule has 2 aromatic rings. The number of rotatable bonds is 2. The first-order valence-electron chi connectivity index (χ1n) is 9.07. The van der Waals surface area contributed by atoms with Gasteiger partial charge < -0.3 is 9.80 Å². The van der Waals surface area contributed by atoms with Gasteiger partial charge in [-0.3, -0.25) is 9.59 Å². The van der Waals surface area contributed by atoms with Gasteiger partial charge >= 0.3 is 0 Å². The summed E-state index contributed by atoms with van der Waals surface area (Å²) < 4.78 is 0. The molecule has 0 bridgehead atoms. The van der Waals surface area contributed by atoms with Crippen molar-refractivity contribution in [1.82, 2.24) is 9.80 Å². The highest BCUT2D eigenvalue weighted by Crippen LogP contribution is 2.30. The zero-order chi connectivity index (χ0) is 18.1. The maximum absolute atomic E-state index is 12.8. The highest BCUT2D eigenvalue weighted by Gasteiger charge is 2.27. The van der Waals surface area contributed by atoms with E-state index in [4.69, 9.17) is 11.6 Å². The maximum Gasteiger partial charge on any atom is 0.264 e. The number of hydrogen-bond acceptors (Lipinski definition) is 3. The summed E-state index contributed by atoms with van der Waals surface area (Å²) in [5, 5.41) is 0.561. The van der Waals surface area contributed by atoms with Crippen LogP contribution in [0.3, 0.4) is 0 Å². The highest BCUT2D eigenvalue weighted by molar-refractivity contribution is 7.14. The van der Waals surface area contributed by atoms with Crippen molar-refractivity contribution in [2.75, 3.05) is 26.2 Å². The van der Waals surface area contributed by atoms with E-state index in [2.05, 4.69) is 6.07 Å². The lowest BCUT2D eigenvalue weighted by atomic mass is 9.99. The van der Waals surface area contributed by atoms with E-state index in [0.717, 1.165) is 17.7 Å². The molecule has 1 aromatic heterocycles. The number of fused-ring (bicyclic) bond motifs is 1. The first-order chi connectivity index (χ1) is 12.6. The van der Waals surface area contributed by atoms with Gasteiger partial charge in [-0.05, 0) is 55.5 Å². The van der Waals surface area contributed by atoms with Crippen LogP contribution in [-0.4, -0.2) is 47.8 Å². The molecule has 1 aromatic carbocycles. The molecule has 4 nitrogen and oxygen atoms in total. The number of carbonyl (C=O) groups excluding carboxylic acids is 2. The molecule has 0 N–H and O–H groups in total. The SMILES string of the molecule is O=C(c1cccc(Cl)c1)N1CCN(C(=O)c2cc3c(s2)CCCC3)CC1. The molecule has 0 radical (unpaired) electrons. The molecule has 4 rings (SSSR count). The van der Waals surface area contributed by atoms with Crippen molar-refractivity contribution in [2.24, 2.45) is 0 Å². The van der Waals surface area contributed by atoms with Gasteiger partial charge in [0.25, 0.3) is 11.8 Å². The Kier molecular flexibility index (Phi) is 5.00. The van der Waals surface area contributed by atoms with Gasteiger partial charge in [0.05, 0.1) is 4.88 Å². The van der Waals surface area contributed by atoms with E-state index in [1.807, 2.05) is 4.90 Å². The second kappa shape index (κ2) is 7.41. The normalized spacial score (nSPS) is 17.1. The Morgan fingerprint density at radius 2 is 1.62 bits per heavy atom. The van der Waals surface area contributed by atoms with Gasteiger partial charge in [0.2, 0.25) is 0 Å². The second-order valence-corrected chi connectivity index (χ2v) is 8.43. The minimum absolute atomic E-state index is 0.0220. The number of hydrogen-bond donors (Lipinski definition) is 0.